The second-order valence-corrected chi connectivity index (χ2v) is 5.09. The van der Waals surface area contributed by atoms with Crippen LogP contribution >= 0.6 is 31.9 Å². The summed E-state index contributed by atoms with van der Waals surface area (Å²) in [5, 5.41) is 6.86. The fourth-order valence-corrected chi connectivity index (χ4v) is 2.26. The summed E-state index contributed by atoms with van der Waals surface area (Å²) >= 11 is 6.99. The highest BCUT2D eigenvalue weighted by atomic mass is 79.9. The van der Waals surface area contributed by atoms with Gasteiger partial charge in [0.2, 0.25) is 0 Å². The number of hydrogen-bond donors (Lipinski definition) is 2. The van der Waals surface area contributed by atoms with Gasteiger partial charge in [0.05, 0.1) is 0 Å². The summed E-state index contributed by atoms with van der Waals surface area (Å²) in [5.41, 5.74) is 1.33. The van der Waals surface area contributed by atoms with Gasteiger partial charge in [-0.05, 0) is 49.6 Å². The van der Waals surface area contributed by atoms with Crippen LogP contribution in [0.3, 0.4) is 0 Å². The van der Waals surface area contributed by atoms with E-state index in [0.29, 0.717) is 6.04 Å². The molecule has 1 fully saturated rings. The molecule has 0 aromatic heterocycles. The summed E-state index contributed by atoms with van der Waals surface area (Å²) in [6, 6.07) is 6.83. The molecule has 1 saturated heterocycles. The van der Waals surface area contributed by atoms with Crippen molar-refractivity contribution in [1.29, 1.82) is 0 Å². The first-order valence-corrected chi connectivity index (χ1v) is 6.25. The molecule has 0 unspecified atom stereocenters. The lowest BCUT2D eigenvalue weighted by atomic mass is 10.1. The van der Waals surface area contributed by atoms with Gasteiger partial charge in [0.25, 0.3) is 0 Å². The van der Waals surface area contributed by atoms with Gasteiger partial charge in [0.15, 0.2) is 0 Å². The maximum atomic E-state index is 3.52. The lowest BCUT2D eigenvalue weighted by Crippen LogP contribution is -2.42. The molecule has 0 amide bonds. The van der Waals surface area contributed by atoms with Crippen LogP contribution < -0.4 is 10.6 Å². The number of halogens is 2. The lowest BCUT2D eigenvalue weighted by molar-refractivity contribution is 0.430. The molecule has 1 atom stereocenters. The molecule has 0 radical (unpaired) electrons. The quantitative estimate of drug-likeness (QED) is 0.831. The summed E-state index contributed by atoms with van der Waals surface area (Å²) in [5.74, 6) is 0. The summed E-state index contributed by atoms with van der Waals surface area (Å²) in [6.45, 7) is 3.11. The normalized spacial score (nSPS) is 22.3. The van der Waals surface area contributed by atoms with Crippen molar-refractivity contribution in [3.63, 3.8) is 0 Å². The van der Waals surface area contributed by atoms with E-state index >= 15 is 0 Å². The molecule has 1 aliphatic rings. The standard InChI is InChI=1S/C10H12Br2N2/c11-8-2-1-7(5-9(8)12)10-6-13-3-4-14-10/h1-2,5,10,13-14H,3-4,6H2/t10-/m1/s1. The van der Waals surface area contributed by atoms with E-state index in [2.05, 4.69) is 60.7 Å². The van der Waals surface area contributed by atoms with Crippen LogP contribution in [0.4, 0.5) is 0 Å². The average Bonchev–Trinajstić information content (AvgIpc) is 2.23. The molecule has 1 aromatic carbocycles. The molecule has 2 N–H and O–H groups in total. The van der Waals surface area contributed by atoms with Crippen molar-refractivity contribution in [2.24, 2.45) is 0 Å². The molecule has 1 aromatic rings. The fraction of sp³-hybridized carbons (Fsp3) is 0.400. The number of hydrogen-bond acceptors (Lipinski definition) is 2. The minimum Gasteiger partial charge on any atom is -0.314 e. The van der Waals surface area contributed by atoms with Gasteiger partial charge in [-0.2, -0.15) is 0 Å². The second kappa shape index (κ2) is 4.75. The van der Waals surface area contributed by atoms with Crippen molar-refractivity contribution in [2.45, 2.75) is 6.04 Å². The Morgan fingerprint density at radius 1 is 1.14 bits per heavy atom. The van der Waals surface area contributed by atoms with E-state index in [-0.39, 0.29) is 0 Å². The van der Waals surface area contributed by atoms with Gasteiger partial charge in [0.1, 0.15) is 0 Å². The maximum absolute atomic E-state index is 3.52. The zero-order valence-corrected chi connectivity index (χ0v) is 10.9. The van der Waals surface area contributed by atoms with Crippen LogP contribution in [0.1, 0.15) is 11.6 Å². The van der Waals surface area contributed by atoms with Gasteiger partial charge in [-0.3, -0.25) is 0 Å². The highest BCUT2D eigenvalue weighted by Crippen LogP contribution is 2.26. The van der Waals surface area contributed by atoms with Crippen LogP contribution in [0.5, 0.6) is 0 Å². The molecular weight excluding hydrogens is 308 g/mol. The predicted molar refractivity (Wildman–Crippen MR) is 65.5 cm³/mol. The molecule has 0 aliphatic carbocycles. The van der Waals surface area contributed by atoms with Crippen molar-refractivity contribution < 1.29 is 0 Å². The third-order valence-electron chi connectivity index (χ3n) is 2.39. The van der Waals surface area contributed by atoms with Gasteiger partial charge in [-0.15, -0.1) is 0 Å². The molecule has 0 saturated carbocycles. The Labute approximate surface area is 101 Å². The summed E-state index contributed by atoms with van der Waals surface area (Å²) in [7, 11) is 0. The Hall–Kier alpha value is 0.1000. The first-order chi connectivity index (χ1) is 6.77. The number of benzene rings is 1. The van der Waals surface area contributed by atoms with Crippen LogP contribution in [-0.2, 0) is 0 Å². The lowest BCUT2D eigenvalue weighted by Gasteiger charge is -2.25. The first-order valence-electron chi connectivity index (χ1n) is 4.66. The topological polar surface area (TPSA) is 24.1 Å². The molecule has 1 heterocycles. The van der Waals surface area contributed by atoms with Crippen LogP contribution in [0.2, 0.25) is 0 Å². The van der Waals surface area contributed by atoms with Crippen LogP contribution in [0.15, 0.2) is 27.1 Å². The minimum absolute atomic E-state index is 0.438. The van der Waals surface area contributed by atoms with Crippen molar-refractivity contribution >= 4 is 31.9 Å². The van der Waals surface area contributed by atoms with E-state index in [9.17, 15) is 0 Å². The second-order valence-electron chi connectivity index (χ2n) is 3.38. The third kappa shape index (κ3) is 2.37. The predicted octanol–water partition coefficient (Wildman–Crippen LogP) is 2.45. The Bertz CT molecular complexity index is 322. The highest BCUT2D eigenvalue weighted by Gasteiger charge is 2.14. The largest absolute Gasteiger partial charge is 0.314 e. The van der Waals surface area contributed by atoms with E-state index in [1.165, 1.54) is 5.56 Å². The number of piperazine rings is 1. The third-order valence-corrected chi connectivity index (χ3v) is 4.27. The summed E-state index contributed by atoms with van der Waals surface area (Å²) < 4.78 is 2.22. The molecular formula is C10H12Br2N2. The van der Waals surface area contributed by atoms with Gasteiger partial charge in [-0.1, -0.05) is 6.07 Å². The molecule has 4 heteroatoms. The van der Waals surface area contributed by atoms with Crippen LogP contribution in [-0.4, -0.2) is 19.6 Å². The Morgan fingerprint density at radius 2 is 2.00 bits per heavy atom. The number of nitrogens with one attached hydrogen (secondary N) is 2. The van der Waals surface area contributed by atoms with Gasteiger partial charge in [0, 0.05) is 34.6 Å². The fourth-order valence-electron chi connectivity index (χ4n) is 1.62. The zero-order valence-electron chi connectivity index (χ0n) is 7.69. The SMILES string of the molecule is Brc1ccc([C@H]2CNCCN2)cc1Br. The Morgan fingerprint density at radius 3 is 2.64 bits per heavy atom. The van der Waals surface area contributed by atoms with E-state index in [1.54, 1.807) is 0 Å². The zero-order chi connectivity index (χ0) is 9.97. The monoisotopic (exact) mass is 318 g/mol. The van der Waals surface area contributed by atoms with E-state index < -0.39 is 0 Å². The summed E-state index contributed by atoms with van der Waals surface area (Å²) in [4.78, 5) is 0. The molecule has 2 nitrogen and oxygen atoms in total. The van der Waals surface area contributed by atoms with Crippen molar-refractivity contribution in [3.8, 4) is 0 Å². The van der Waals surface area contributed by atoms with Gasteiger partial charge >= 0.3 is 0 Å². The molecule has 2 rings (SSSR count). The molecule has 76 valence electrons. The van der Waals surface area contributed by atoms with Crippen LogP contribution in [0.25, 0.3) is 0 Å². The molecule has 0 spiro atoms. The van der Waals surface area contributed by atoms with Crippen molar-refractivity contribution in [1.82, 2.24) is 10.6 Å². The highest BCUT2D eigenvalue weighted by molar-refractivity contribution is 9.13. The number of rotatable bonds is 1. The summed E-state index contributed by atoms with van der Waals surface area (Å²) in [6.07, 6.45) is 0. The maximum Gasteiger partial charge on any atom is 0.0447 e. The Balaban J connectivity index is 2.18. The van der Waals surface area contributed by atoms with Crippen molar-refractivity contribution in [3.05, 3.63) is 32.7 Å². The molecule has 0 bridgehead atoms. The Kier molecular flexibility index (Phi) is 3.60. The molecule has 14 heavy (non-hydrogen) atoms. The molecule has 1 aliphatic heterocycles. The minimum atomic E-state index is 0.438. The van der Waals surface area contributed by atoms with E-state index in [1.807, 2.05) is 0 Å². The first kappa shape index (κ1) is 10.6. The smallest absolute Gasteiger partial charge is 0.0447 e. The van der Waals surface area contributed by atoms with Gasteiger partial charge in [-0.25, -0.2) is 0 Å². The van der Waals surface area contributed by atoms with E-state index in [4.69, 9.17) is 0 Å². The van der Waals surface area contributed by atoms with Crippen LogP contribution in [0, 0.1) is 0 Å². The van der Waals surface area contributed by atoms with Crippen molar-refractivity contribution in [2.75, 3.05) is 19.6 Å². The average molecular weight is 320 g/mol. The van der Waals surface area contributed by atoms with E-state index in [0.717, 1.165) is 28.6 Å². The van der Waals surface area contributed by atoms with Gasteiger partial charge < -0.3 is 10.6 Å².